The topological polar surface area (TPSA) is 80.2 Å². The van der Waals surface area contributed by atoms with Crippen LogP contribution >= 0.6 is 0 Å². The third-order valence-corrected chi connectivity index (χ3v) is 5.99. The zero-order valence-corrected chi connectivity index (χ0v) is 15.1. The first-order valence-corrected chi connectivity index (χ1v) is 9.45. The van der Waals surface area contributed by atoms with E-state index in [2.05, 4.69) is 10.0 Å². The molecule has 0 aliphatic carbocycles. The summed E-state index contributed by atoms with van der Waals surface area (Å²) in [6.45, 7) is 3.41. The number of nitrogens with zero attached hydrogens (tertiary/aromatic N) is 1. The lowest BCUT2D eigenvalue weighted by Crippen LogP contribution is -2.30. The summed E-state index contributed by atoms with van der Waals surface area (Å²) in [5.41, 5.74) is 1.69. The molecule has 134 valence electrons. The van der Waals surface area contributed by atoms with Crippen molar-refractivity contribution in [1.29, 1.82) is 0 Å². The van der Waals surface area contributed by atoms with E-state index in [1.165, 1.54) is 29.0 Å². The Hall–Kier alpha value is -2.19. The van der Waals surface area contributed by atoms with Crippen LogP contribution in [0.25, 0.3) is 0 Å². The first kappa shape index (κ1) is 17.6. The molecule has 0 unspecified atom stereocenters. The number of amides is 1. The van der Waals surface area contributed by atoms with E-state index < -0.39 is 15.9 Å². The lowest BCUT2D eigenvalue weighted by molar-refractivity contribution is 0.101. The highest BCUT2D eigenvalue weighted by atomic mass is 32.2. The van der Waals surface area contributed by atoms with Crippen molar-refractivity contribution in [2.75, 3.05) is 5.32 Å². The van der Waals surface area contributed by atoms with Crippen molar-refractivity contribution in [2.24, 2.45) is 7.05 Å². The van der Waals surface area contributed by atoms with Gasteiger partial charge in [-0.2, -0.15) is 0 Å². The lowest BCUT2D eigenvalue weighted by Gasteiger charge is -2.10. The van der Waals surface area contributed by atoms with Gasteiger partial charge in [-0.3, -0.25) is 4.79 Å². The fourth-order valence-electron chi connectivity index (χ4n) is 3.08. The second kappa shape index (κ2) is 6.27. The average molecular weight is 365 g/mol. The van der Waals surface area contributed by atoms with E-state index >= 15 is 0 Å². The van der Waals surface area contributed by atoms with Gasteiger partial charge in [-0.25, -0.2) is 17.5 Å². The van der Waals surface area contributed by atoms with Gasteiger partial charge in [-0.05, 0) is 50.5 Å². The molecular weight excluding hydrogens is 345 g/mol. The van der Waals surface area contributed by atoms with Crippen LogP contribution in [0.1, 0.15) is 35.0 Å². The van der Waals surface area contributed by atoms with Crippen LogP contribution in [0.2, 0.25) is 0 Å². The molecule has 0 spiro atoms. The van der Waals surface area contributed by atoms with E-state index in [4.69, 9.17) is 0 Å². The van der Waals surface area contributed by atoms with E-state index in [9.17, 15) is 17.6 Å². The molecule has 1 aromatic heterocycles. The van der Waals surface area contributed by atoms with Crippen LogP contribution in [-0.2, 0) is 23.5 Å². The van der Waals surface area contributed by atoms with Crippen LogP contribution in [0, 0.1) is 12.7 Å². The maximum Gasteiger partial charge on any atom is 0.272 e. The molecule has 2 heterocycles. The van der Waals surface area contributed by atoms with Crippen LogP contribution in [-0.4, -0.2) is 24.9 Å². The molecule has 25 heavy (non-hydrogen) atoms. The van der Waals surface area contributed by atoms with Crippen LogP contribution in [0.3, 0.4) is 0 Å². The maximum absolute atomic E-state index is 13.4. The van der Waals surface area contributed by atoms with Gasteiger partial charge in [0.25, 0.3) is 5.91 Å². The summed E-state index contributed by atoms with van der Waals surface area (Å²) in [7, 11) is -2.01. The van der Waals surface area contributed by atoms with Gasteiger partial charge in [0, 0.05) is 30.5 Å². The Morgan fingerprint density at radius 2 is 2.12 bits per heavy atom. The number of carbonyl (C=O) groups is 1. The van der Waals surface area contributed by atoms with Crippen LogP contribution in [0.4, 0.5) is 10.1 Å². The van der Waals surface area contributed by atoms with Gasteiger partial charge < -0.3 is 9.88 Å². The largest absolute Gasteiger partial charge is 0.345 e. The monoisotopic (exact) mass is 365 g/mol. The van der Waals surface area contributed by atoms with E-state index in [-0.39, 0.29) is 16.8 Å². The van der Waals surface area contributed by atoms with Crippen molar-refractivity contribution >= 4 is 21.6 Å². The lowest BCUT2D eigenvalue weighted by atomic mass is 10.1. The number of hydrogen-bond acceptors (Lipinski definition) is 3. The van der Waals surface area contributed by atoms with Crippen molar-refractivity contribution in [2.45, 2.75) is 37.6 Å². The van der Waals surface area contributed by atoms with Crippen molar-refractivity contribution in [3.63, 3.8) is 0 Å². The van der Waals surface area contributed by atoms with Gasteiger partial charge >= 0.3 is 0 Å². The maximum atomic E-state index is 13.4. The first-order valence-electron chi connectivity index (χ1n) is 7.97. The fourth-order valence-corrected chi connectivity index (χ4v) is 4.67. The summed E-state index contributed by atoms with van der Waals surface area (Å²) in [5, 5.41) is 2.72. The smallest absolute Gasteiger partial charge is 0.272 e. The number of hydrogen-bond donors (Lipinski definition) is 2. The number of rotatable bonds is 2. The first-order chi connectivity index (χ1) is 11.7. The molecule has 8 heteroatoms. The molecule has 0 saturated carbocycles. The molecule has 3 rings (SSSR count). The number of benzene rings is 1. The number of sulfonamides is 1. The fraction of sp³-hybridized carbons (Fsp3) is 0.353. The Morgan fingerprint density at radius 3 is 2.80 bits per heavy atom. The number of nitrogens with one attached hydrogen (secondary N) is 2. The molecule has 0 fully saturated rings. The molecule has 0 saturated heterocycles. The Labute approximate surface area is 146 Å². The summed E-state index contributed by atoms with van der Waals surface area (Å²) in [5.74, 6) is -0.767. The standard InChI is InChI=1S/C17H20FN3O3S/c1-10-8-12(5-7-14(10)18)19-17(22)16-13-6-4-11(2)20-25(23,24)15(13)9-21(16)3/h5,7-9,11,20H,4,6H2,1-3H3,(H,19,22)/t11-/m0/s1. The minimum atomic E-state index is -3.65. The molecule has 1 aliphatic rings. The molecule has 0 radical (unpaired) electrons. The van der Waals surface area contributed by atoms with E-state index in [1.54, 1.807) is 20.9 Å². The summed E-state index contributed by atoms with van der Waals surface area (Å²) in [4.78, 5) is 12.9. The Morgan fingerprint density at radius 1 is 1.40 bits per heavy atom. The molecule has 1 aromatic carbocycles. The van der Waals surface area contributed by atoms with Crippen LogP contribution < -0.4 is 10.0 Å². The molecular formula is C17H20FN3O3S. The Bertz CT molecular complexity index is 950. The minimum absolute atomic E-state index is 0.139. The number of aryl methyl sites for hydroxylation is 2. The van der Waals surface area contributed by atoms with Gasteiger partial charge in [-0.15, -0.1) is 0 Å². The molecule has 1 amide bonds. The summed E-state index contributed by atoms with van der Waals surface area (Å²) >= 11 is 0. The molecule has 2 N–H and O–H groups in total. The third kappa shape index (κ3) is 3.32. The van der Waals surface area contributed by atoms with Gasteiger partial charge in [0.1, 0.15) is 16.4 Å². The number of fused-ring (bicyclic) bond motifs is 1. The SMILES string of the molecule is Cc1cc(NC(=O)c2c3c(cn2C)S(=O)(=O)N[C@@H](C)CC3)ccc1F. The van der Waals surface area contributed by atoms with Crippen LogP contribution in [0.5, 0.6) is 0 Å². The highest BCUT2D eigenvalue weighted by molar-refractivity contribution is 7.89. The van der Waals surface area contributed by atoms with E-state index in [0.29, 0.717) is 35.3 Å². The zero-order valence-electron chi connectivity index (χ0n) is 14.3. The number of carbonyl (C=O) groups excluding carboxylic acids is 1. The number of aromatic nitrogens is 1. The zero-order chi connectivity index (χ0) is 18.4. The second-order valence-electron chi connectivity index (χ2n) is 6.41. The molecule has 1 aliphatic heterocycles. The van der Waals surface area contributed by atoms with Gasteiger partial charge in [0.15, 0.2) is 0 Å². The average Bonchev–Trinajstić information content (AvgIpc) is 2.81. The van der Waals surface area contributed by atoms with Crippen molar-refractivity contribution in [1.82, 2.24) is 9.29 Å². The van der Waals surface area contributed by atoms with Gasteiger partial charge in [0.2, 0.25) is 10.0 Å². The van der Waals surface area contributed by atoms with Gasteiger partial charge in [0.05, 0.1) is 0 Å². The minimum Gasteiger partial charge on any atom is -0.345 e. The van der Waals surface area contributed by atoms with E-state index in [0.717, 1.165) is 0 Å². The predicted octanol–water partition coefficient (Wildman–Crippen LogP) is 2.34. The second-order valence-corrected chi connectivity index (χ2v) is 8.09. The van der Waals surface area contributed by atoms with Crippen molar-refractivity contribution < 1.29 is 17.6 Å². The van der Waals surface area contributed by atoms with E-state index in [1.807, 2.05) is 0 Å². The molecule has 1 atom stereocenters. The predicted molar refractivity (Wildman–Crippen MR) is 92.6 cm³/mol. The van der Waals surface area contributed by atoms with Crippen molar-refractivity contribution in [3.05, 3.63) is 47.0 Å². The normalized spacial score (nSPS) is 19.1. The third-order valence-electron chi connectivity index (χ3n) is 4.35. The summed E-state index contributed by atoms with van der Waals surface area (Å²) in [6.07, 6.45) is 2.54. The van der Waals surface area contributed by atoms with Gasteiger partial charge in [-0.1, -0.05) is 0 Å². The molecule has 0 bridgehead atoms. The molecule has 2 aromatic rings. The Balaban J connectivity index is 1.99. The number of halogens is 1. The van der Waals surface area contributed by atoms with Crippen molar-refractivity contribution in [3.8, 4) is 0 Å². The summed E-state index contributed by atoms with van der Waals surface area (Å²) < 4.78 is 42.4. The van der Waals surface area contributed by atoms with Crippen LogP contribution in [0.15, 0.2) is 29.3 Å². The quantitative estimate of drug-likeness (QED) is 0.857. The number of anilines is 1. The molecule has 6 nitrogen and oxygen atoms in total. The summed E-state index contributed by atoms with van der Waals surface area (Å²) in [6, 6.07) is 4.10. The Kier molecular flexibility index (Phi) is 4.42. The highest BCUT2D eigenvalue weighted by Crippen LogP contribution is 2.28. The highest BCUT2D eigenvalue weighted by Gasteiger charge is 2.31.